The average Bonchev–Trinajstić information content (AvgIpc) is 2.48. The molecule has 1 rings (SSSR count). The third-order valence-corrected chi connectivity index (χ3v) is 2.29. The van der Waals surface area contributed by atoms with Gasteiger partial charge in [-0.25, -0.2) is 4.79 Å². The van der Waals surface area contributed by atoms with E-state index in [4.69, 9.17) is 9.47 Å². The Kier molecular flexibility index (Phi) is 6.40. The minimum absolute atomic E-state index is 0.109. The molecule has 0 aliphatic carbocycles. The molecule has 0 bridgehead atoms. The first-order valence-corrected chi connectivity index (χ1v) is 6.06. The Bertz CT molecular complexity index is 577. The molecule has 1 aromatic carbocycles. The molecule has 0 amide bonds. The Morgan fingerprint density at radius 3 is 2.62 bits per heavy atom. The monoisotopic (exact) mass is 289 g/mol. The molecule has 0 unspecified atom stereocenters. The summed E-state index contributed by atoms with van der Waals surface area (Å²) in [5.74, 6) is -0.407. The number of benzene rings is 1. The summed E-state index contributed by atoms with van der Waals surface area (Å²) in [4.78, 5) is 21.7. The van der Waals surface area contributed by atoms with Crippen molar-refractivity contribution in [1.29, 1.82) is 0 Å². The fraction of sp³-hybridized carbons (Fsp3) is 0.133. The van der Waals surface area contributed by atoms with Crippen LogP contribution in [0.2, 0.25) is 0 Å². The van der Waals surface area contributed by atoms with E-state index < -0.39 is 10.9 Å². The number of ether oxygens (including phenoxy) is 2. The maximum absolute atomic E-state index is 11.3. The topological polar surface area (TPSA) is 78.7 Å². The molecule has 0 aliphatic rings. The third kappa shape index (κ3) is 5.32. The van der Waals surface area contributed by atoms with Gasteiger partial charge in [0.15, 0.2) is 5.75 Å². The minimum atomic E-state index is -0.551. The van der Waals surface area contributed by atoms with Crippen molar-refractivity contribution in [1.82, 2.24) is 0 Å². The number of rotatable bonds is 8. The van der Waals surface area contributed by atoms with E-state index in [1.165, 1.54) is 36.4 Å². The number of nitro groups is 1. The Morgan fingerprint density at radius 1 is 1.29 bits per heavy atom. The van der Waals surface area contributed by atoms with E-state index >= 15 is 0 Å². The van der Waals surface area contributed by atoms with Gasteiger partial charge in [-0.2, -0.15) is 0 Å². The van der Waals surface area contributed by atoms with E-state index in [0.717, 1.165) is 0 Å². The maximum atomic E-state index is 11.3. The minimum Gasteiger partial charge on any atom is -0.483 e. The van der Waals surface area contributed by atoms with Crippen LogP contribution in [0.4, 0.5) is 5.69 Å². The van der Waals surface area contributed by atoms with E-state index in [9.17, 15) is 14.9 Å². The van der Waals surface area contributed by atoms with Gasteiger partial charge in [-0.1, -0.05) is 31.4 Å². The molecule has 21 heavy (non-hydrogen) atoms. The van der Waals surface area contributed by atoms with Gasteiger partial charge in [-0.05, 0) is 17.7 Å². The zero-order valence-electron chi connectivity index (χ0n) is 11.4. The predicted molar refractivity (Wildman–Crippen MR) is 79.0 cm³/mol. The molecule has 0 atom stereocenters. The van der Waals surface area contributed by atoms with Crippen LogP contribution in [-0.4, -0.2) is 24.1 Å². The van der Waals surface area contributed by atoms with Gasteiger partial charge in [-0.3, -0.25) is 10.1 Å². The largest absolute Gasteiger partial charge is 0.483 e. The standard InChI is InChI=1S/C15H15NO5/c1-3-9-20-14-7-5-12(11-13(14)16(18)19)6-8-15(17)21-10-4-2/h3-8,11H,1-2,9-10H2/b8-6+. The van der Waals surface area contributed by atoms with Crippen molar-refractivity contribution in [3.8, 4) is 5.75 Å². The summed E-state index contributed by atoms with van der Waals surface area (Å²) in [6.45, 7) is 7.17. The van der Waals surface area contributed by atoms with Gasteiger partial charge in [-0.15, -0.1) is 0 Å². The van der Waals surface area contributed by atoms with Crippen LogP contribution in [0.1, 0.15) is 5.56 Å². The summed E-state index contributed by atoms with van der Waals surface area (Å²) in [5, 5.41) is 11.0. The van der Waals surface area contributed by atoms with Crippen molar-refractivity contribution in [2.75, 3.05) is 13.2 Å². The Hall–Kier alpha value is -2.89. The fourth-order valence-electron chi connectivity index (χ4n) is 1.40. The molecule has 110 valence electrons. The molecule has 0 aliphatic heterocycles. The van der Waals surface area contributed by atoms with E-state index in [-0.39, 0.29) is 24.7 Å². The Labute approximate surface area is 122 Å². The van der Waals surface area contributed by atoms with Crippen molar-refractivity contribution < 1.29 is 19.2 Å². The van der Waals surface area contributed by atoms with Crippen molar-refractivity contribution in [2.24, 2.45) is 0 Å². The number of carbonyl (C=O) groups excluding carboxylic acids is 1. The number of nitro benzene ring substituents is 1. The Balaban J connectivity index is 2.89. The Morgan fingerprint density at radius 2 is 2.00 bits per heavy atom. The summed E-state index contributed by atoms with van der Waals surface area (Å²) in [6, 6.07) is 4.38. The summed E-state index contributed by atoms with van der Waals surface area (Å²) in [5.41, 5.74) is 0.307. The molecule has 0 heterocycles. The number of hydrogen-bond acceptors (Lipinski definition) is 5. The highest BCUT2D eigenvalue weighted by Crippen LogP contribution is 2.28. The molecule has 6 heteroatoms. The first-order valence-electron chi connectivity index (χ1n) is 6.06. The molecular weight excluding hydrogens is 274 g/mol. The van der Waals surface area contributed by atoms with Gasteiger partial charge in [0.05, 0.1) is 4.92 Å². The molecule has 0 spiro atoms. The summed E-state index contributed by atoms with van der Waals surface area (Å²) in [7, 11) is 0. The quantitative estimate of drug-likeness (QED) is 0.242. The van der Waals surface area contributed by atoms with Crippen LogP contribution >= 0.6 is 0 Å². The lowest BCUT2D eigenvalue weighted by molar-refractivity contribution is -0.385. The SMILES string of the molecule is C=CCOC(=O)/C=C/c1ccc(OCC=C)c([N+](=O)[O-])c1. The lowest BCUT2D eigenvalue weighted by Crippen LogP contribution is -2.00. The lowest BCUT2D eigenvalue weighted by Gasteiger charge is -2.04. The second-order valence-electron chi connectivity index (χ2n) is 3.84. The van der Waals surface area contributed by atoms with Crippen LogP contribution in [0, 0.1) is 10.1 Å². The normalized spacial score (nSPS) is 10.1. The van der Waals surface area contributed by atoms with Gasteiger partial charge >= 0.3 is 11.7 Å². The molecular formula is C15H15NO5. The van der Waals surface area contributed by atoms with Gasteiger partial charge in [0.2, 0.25) is 0 Å². The molecule has 0 saturated heterocycles. The molecule has 0 radical (unpaired) electrons. The molecule has 0 N–H and O–H groups in total. The van der Waals surface area contributed by atoms with Crippen molar-refractivity contribution in [3.05, 3.63) is 65.3 Å². The lowest BCUT2D eigenvalue weighted by atomic mass is 10.1. The third-order valence-electron chi connectivity index (χ3n) is 2.29. The fourth-order valence-corrected chi connectivity index (χ4v) is 1.40. The summed E-state index contributed by atoms with van der Waals surface area (Å²) >= 11 is 0. The van der Waals surface area contributed by atoms with Crippen LogP contribution in [-0.2, 0) is 9.53 Å². The van der Waals surface area contributed by atoms with Crippen LogP contribution in [0.5, 0.6) is 5.75 Å². The summed E-state index contributed by atoms with van der Waals surface area (Å²) in [6.07, 6.45) is 5.55. The molecule has 0 saturated carbocycles. The summed E-state index contributed by atoms with van der Waals surface area (Å²) < 4.78 is 9.95. The molecule has 6 nitrogen and oxygen atoms in total. The first kappa shape index (κ1) is 16.2. The molecule has 0 fully saturated rings. The van der Waals surface area contributed by atoms with Crippen LogP contribution in [0.25, 0.3) is 6.08 Å². The number of hydrogen-bond donors (Lipinski definition) is 0. The second-order valence-corrected chi connectivity index (χ2v) is 3.84. The number of carbonyl (C=O) groups is 1. The van der Waals surface area contributed by atoms with Gasteiger partial charge in [0, 0.05) is 12.1 Å². The zero-order valence-corrected chi connectivity index (χ0v) is 11.4. The second kappa shape index (κ2) is 8.31. The maximum Gasteiger partial charge on any atom is 0.331 e. The van der Waals surface area contributed by atoms with E-state index in [1.807, 2.05) is 0 Å². The highest BCUT2D eigenvalue weighted by atomic mass is 16.6. The highest BCUT2D eigenvalue weighted by molar-refractivity contribution is 5.87. The van der Waals surface area contributed by atoms with Crippen LogP contribution < -0.4 is 4.74 Å². The predicted octanol–water partition coefficient (Wildman–Crippen LogP) is 2.90. The molecule has 0 aromatic heterocycles. The highest BCUT2D eigenvalue weighted by Gasteiger charge is 2.15. The van der Waals surface area contributed by atoms with Crippen LogP contribution in [0.15, 0.2) is 49.6 Å². The smallest absolute Gasteiger partial charge is 0.331 e. The van der Waals surface area contributed by atoms with Gasteiger partial charge < -0.3 is 9.47 Å². The van der Waals surface area contributed by atoms with Crippen molar-refractivity contribution >= 4 is 17.7 Å². The van der Waals surface area contributed by atoms with Crippen molar-refractivity contribution in [2.45, 2.75) is 0 Å². The van der Waals surface area contributed by atoms with Crippen molar-refractivity contribution in [3.63, 3.8) is 0 Å². The number of esters is 1. The van der Waals surface area contributed by atoms with Gasteiger partial charge in [0.1, 0.15) is 13.2 Å². The molecule has 1 aromatic rings. The number of nitrogens with zero attached hydrogens (tertiary/aromatic N) is 1. The zero-order chi connectivity index (χ0) is 15.7. The van der Waals surface area contributed by atoms with E-state index in [2.05, 4.69) is 13.2 Å². The van der Waals surface area contributed by atoms with Gasteiger partial charge in [0.25, 0.3) is 0 Å². The first-order chi connectivity index (χ1) is 10.1. The van der Waals surface area contributed by atoms with Crippen LogP contribution in [0.3, 0.4) is 0 Å². The van der Waals surface area contributed by atoms with E-state index in [0.29, 0.717) is 5.56 Å². The average molecular weight is 289 g/mol. The van der Waals surface area contributed by atoms with E-state index in [1.54, 1.807) is 6.07 Å².